The van der Waals surface area contributed by atoms with Gasteiger partial charge in [-0.25, -0.2) is 4.79 Å². The monoisotopic (exact) mass is 252 g/mol. The summed E-state index contributed by atoms with van der Waals surface area (Å²) in [4.78, 5) is 14.1. The van der Waals surface area contributed by atoms with E-state index < -0.39 is 11.6 Å². The number of nitrogens with zero attached hydrogens (tertiary/aromatic N) is 1. The first-order chi connectivity index (χ1) is 8.42. The normalized spacial score (nSPS) is 18.0. The molecular weight excluding hydrogens is 228 g/mol. The molecule has 1 aliphatic rings. The third kappa shape index (κ3) is 5.52. The van der Waals surface area contributed by atoms with E-state index in [9.17, 15) is 4.79 Å². The molecule has 1 rings (SSSR count). The summed E-state index contributed by atoms with van der Waals surface area (Å²) >= 11 is 0. The summed E-state index contributed by atoms with van der Waals surface area (Å²) in [7, 11) is 1.72. The average molecular weight is 252 g/mol. The van der Waals surface area contributed by atoms with Gasteiger partial charge in [0.05, 0.1) is 6.54 Å². The molecule has 102 valence electrons. The van der Waals surface area contributed by atoms with Gasteiger partial charge in [0, 0.05) is 0 Å². The molecule has 0 aromatic heterocycles. The number of hydrogen-bond acceptors (Lipinski definition) is 4. The molecule has 4 heteroatoms. The predicted molar refractivity (Wildman–Crippen MR) is 72.1 cm³/mol. The third-order valence-corrected chi connectivity index (χ3v) is 2.68. The molecule has 18 heavy (non-hydrogen) atoms. The fourth-order valence-electron chi connectivity index (χ4n) is 1.81. The van der Waals surface area contributed by atoms with Crippen LogP contribution >= 0.6 is 0 Å². The van der Waals surface area contributed by atoms with Crippen LogP contribution in [0.25, 0.3) is 0 Å². The highest BCUT2D eigenvalue weighted by atomic mass is 16.6. The van der Waals surface area contributed by atoms with Crippen LogP contribution in [0.1, 0.15) is 33.6 Å². The molecule has 0 amide bonds. The number of esters is 1. The van der Waals surface area contributed by atoms with E-state index in [1.165, 1.54) is 12.8 Å². The second-order valence-electron chi connectivity index (χ2n) is 5.56. The second kappa shape index (κ2) is 6.77. The maximum Gasteiger partial charge on any atom is 0.336 e. The Bertz CT molecular complexity index is 330. The van der Waals surface area contributed by atoms with Crippen LogP contribution < -0.4 is 5.32 Å². The summed E-state index contributed by atoms with van der Waals surface area (Å²) in [6, 6.07) is -0.535. The van der Waals surface area contributed by atoms with Crippen molar-refractivity contribution in [3.8, 4) is 11.8 Å². The summed E-state index contributed by atoms with van der Waals surface area (Å²) in [6.07, 6.45) is 2.51. The van der Waals surface area contributed by atoms with Crippen molar-refractivity contribution in [3.05, 3.63) is 0 Å². The van der Waals surface area contributed by atoms with Crippen molar-refractivity contribution < 1.29 is 9.53 Å². The van der Waals surface area contributed by atoms with Gasteiger partial charge in [-0.2, -0.15) is 0 Å². The topological polar surface area (TPSA) is 41.6 Å². The molecule has 1 fully saturated rings. The Morgan fingerprint density at radius 3 is 2.50 bits per heavy atom. The fourth-order valence-corrected chi connectivity index (χ4v) is 1.81. The molecule has 1 N–H and O–H groups in total. The summed E-state index contributed by atoms with van der Waals surface area (Å²) in [5.74, 6) is 5.69. The van der Waals surface area contributed by atoms with E-state index in [1.54, 1.807) is 7.05 Å². The molecule has 1 heterocycles. The highest BCUT2D eigenvalue weighted by molar-refractivity contribution is 5.79. The van der Waals surface area contributed by atoms with E-state index in [0.717, 1.165) is 19.6 Å². The third-order valence-electron chi connectivity index (χ3n) is 2.68. The van der Waals surface area contributed by atoms with Gasteiger partial charge in [0.2, 0.25) is 0 Å². The Hall–Kier alpha value is -1.05. The van der Waals surface area contributed by atoms with Crippen molar-refractivity contribution in [2.24, 2.45) is 0 Å². The minimum absolute atomic E-state index is 0.307. The Morgan fingerprint density at radius 1 is 1.39 bits per heavy atom. The van der Waals surface area contributed by atoms with Crippen LogP contribution in [-0.4, -0.2) is 49.2 Å². The zero-order chi connectivity index (χ0) is 13.6. The molecule has 0 radical (unpaired) electrons. The largest absolute Gasteiger partial charge is 0.458 e. The molecule has 0 aromatic carbocycles. The number of rotatable bonds is 3. The van der Waals surface area contributed by atoms with Crippen LogP contribution in [0, 0.1) is 11.8 Å². The zero-order valence-electron chi connectivity index (χ0n) is 11.9. The summed E-state index contributed by atoms with van der Waals surface area (Å²) in [6.45, 7) is 8.54. The number of ether oxygens (including phenoxy) is 1. The molecule has 1 aliphatic heterocycles. The number of nitrogens with one attached hydrogen (secondary N) is 1. The quantitative estimate of drug-likeness (QED) is 0.601. The van der Waals surface area contributed by atoms with Gasteiger partial charge in [-0.3, -0.25) is 10.2 Å². The van der Waals surface area contributed by atoms with Gasteiger partial charge >= 0.3 is 5.97 Å². The lowest BCUT2D eigenvalue weighted by atomic mass is 10.2. The molecule has 0 saturated carbocycles. The second-order valence-corrected chi connectivity index (χ2v) is 5.56. The Labute approximate surface area is 110 Å². The minimum atomic E-state index is -0.535. The van der Waals surface area contributed by atoms with Gasteiger partial charge in [-0.05, 0) is 53.8 Å². The van der Waals surface area contributed by atoms with Crippen LogP contribution in [0.3, 0.4) is 0 Å². The first-order valence-electron chi connectivity index (χ1n) is 6.53. The van der Waals surface area contributed by atoms with Gasteiger partial charge in [0.15, 0.2) is 6.04 Å². The first kappa shape index (κ1) is 15.0. The molecule has 4 nitrogen and oxygen atoms in total. The number of hydrogen-bond donors (Lipinski definition) is 1. The smallest absolute Gasteiger partial charge is 0.336 e. The lowest BCUT2D eigenvalue weighted by Crippen LogP contribution is -2.38. The highest BCUT2D eigenvalue weighted by Gasteiger charge is 2.22. The average Bonchev–Trinajstić information content (AvgIpc) is 2.74. The molecule has 0 spiro atoms. The number of carbonyl (C=O) groups excluding carboxylic acids is 1. The lowest BCUT2D eigenvalue weighted by molar-refractivity contribution is -0.155. The predicted octanol–water partition coefficient (Wildman–Crippen LogP) is 1.02. The highest BCUT2D eigenvalue weighted by Crippen LogP contribution is 2.08. The van der Waals surface area contributed by atoms with Gasteiger partial charge in [0.25, 0.3) is 0 Å². The Balaban J connectivity index is 2.45. The van der Waals surface area contributed by atoms with Gasteiger partial charge < -0.3 is 4.74 Å². The summed E-state index contributed by atoms with van der Waals surface area (Å²) < 4.78 is 5.30. The van der Waals surface area contributed by atoms with Crippen LogP contribution in [-0.2, 0) is 9.53 Å². The molecule has 0 aromatic rings. The molecule has 1 unspecified atom stereocenters. The van der Waals surface area contributed by atoms with E-state index >= 15 is 0 Å². The number of likely N-dealkylation sites (tertiary alicyclic amines) is 1. The van der Waals surface area contributed by atoms with Crippen molar-refractivity contribution in [1.82, 2.24) is 10.2 Å². The van der Waals surface area contributed by atoms with E-state index in [2.05, 4.69) is 22.1 Å². The SMILES string of the molecule is CNC(C#CCN1CCCC1)C(=O)OC(C)(C)C. The van der Waals surface area contributed by atoms with Crippen molar-refractivity contribution in [2.45, 2.75) is 45.3 Å². The van der Waals surface area contributed by atoms with Crippen molar-refractivity contribution in [3.63, 3.8) is 0 Å². The van der Waals surface area contributed by atoms with Crippen LogP contribution in [0.2, 0.25) is 0 Å². The fraction of sp³-hybridized carbons (Fsp3) is 0.786. The van der Waals surface area contributed by atoms with E-state index in [-0.39, 0.29) is 5.97 Å². The number of carbonyl (C=O) groups is 1. The van der Waals surface area contributed by atoms with Crippen LogP contribution in [0.4, 0.5) is 0 Å². The lowest BCUT2D eigenvalue weighted by Gasteiger charge is -2.21. The van der Waals surface area contributed by atoms with E-state index in [1.807, 2.05) is 20.8 Å². The number of likely N-dealkylation sites (N-methyl/N-ethyl adjacent to an activating group) is 1. The molecule has 0 bridgehead atoms. The van der Waals surface area contributed by atoms with Gasteiger partial charge in [-0.15, -0.1) is 0 Å². The van der Waals surface area contributed by atoms with E-state index in [4.69, 9.17) is 4.74 Å². The standard InChI is InChI=1S/C14H24N2O2/c1-14(2,3)18-13(17)12(15-4)8-7-11-16-9-5-6-10-16/h12,15H,5-6,9-11H2,1-4H3. The molecule has 0 aliphatic carbocycles. The zero-order valence-corrected chi connectivity index (χ0v) is 11.9. The first-order valence-corrected chi connectivity index (χ1v) is 6.53. The maximum absolute atomic E-state index is 11.8. The van der Waals surface area contributed by atoms with Crippen molar-refractivity contribution in [2.75, 3.05) is 26.7 Å². The maximum atomic E-state index is 11.8. The van der Waals surface area contributed by atoms with Gasteiger partial charge in [0.1, 0.15) is 5.60 Å². The molecule has 1 atom stereocenters. The van der Waals surface area contributed by atoms with Crippen LogP contribution in [0.5, 0.6) is 0 Å². The molecular formula is C14H24N2O2. The van der Waals surface area contributed by atoms with Crippen LogP contribution in [0.15, 0.2) is 0 Å². The van der Waals surface area contributed by atoms with E-state index in [0.29, 0.717) is 0 Å². The summed E-state index contributed by atoms with van der Waals surface area (Å²) in [5.41, 5.74) is -0.469. The van der Waals surface area contributed by atoms with Crippen molar-refractivity contribution >= 4 is 5.97 Å². The minimum Gasteiger partial charge on any atom is -0.458 e. The molecule has 1 saturated heterocycles. The van der Waals surface area contributed by atoms with Gasteiger partial charge in [-0.1, -0.05) is 11.8 Å². The van der Waals surface area contributed by atoms with Crippen molar-refractivity contribution in [1.29, 1.82) is 0 Å². The summed E-state index contributed by atoms with van der Waals surface area (Å²) in [5, 5.41) is 2.88. The Morgan fingerprint density at radius 2 is 2.00 bits per heavy atom. The Kier molecular flexibility index (Phi) is 5.64.